The van der Waals surface area contributed by atoms with Crippen LogP contribution in [-0.4, -0.2) is 85.1 Å². The molecule has 2 aliphatic heterocycles. The third-order valence-electron chi connectivity index (χ3n) is 8.88. The Labute approximate surface area is 302 Å². The number of nitrogens with zero attached hydrogens (tertiary/aromatic N) is 6. The lowest BCUT2D eigenvalue weighted by atomic mass is 9.98. The van der Waals surface area contributed by atoms with Crippen LogP contribution in [0.15, 0.2) is 48.8 Å². The Morgan fingerprint density at radius 1 is 0.680 bits per heavy atom. The summed E-state index contributed by atoms with van der Waals surface area (Å²) in [6.07, 6.45) is 6.28. The molecule has 4 heterocycles. The molecule has 12 nitrogen and oxygen atoms in total. The van der Waals surface area contributed by atoms with Gasteiger partial charge >= 0.3 is 0 Å². The quantitative estimate of drug-likeness (QED) is 0.157. The van der Waals surface area contributed by atoms with Gasteiger partial charge in [-0.3, -0.25) is 19.6 Å². The largest absolute Gasteiger partial charge is 0.361 e. The topological polar surface area (TPSA) is 140 Å². The second-order valence-electron chi connectivity index (χ2n) is 13.0. The number of benzene rings is 2. The Bertz CT molecular complexity index is 1750. The Balaban J connectivity index is 1.23. The van der Waals surface area contributed by atoms with Crippen LogP contribution in [0.5, 0.6) is 0 Å². The number of aromatic nitrogens is 4. The van der Waals surface area contributed by atoms with Crippen LogP contribution in [0.3, 0.4) is 0 Å². The SMILES string of the molecule is CN(C)c1nc(-c2cccc(-c3cccc(-c4cnc(CNC[C@@H]5CCC(=O)N5)c(N(C)C)n4)c3Cl)c2Cl)cnc1CNC[C@@H]1CCC(=O)N1. The zero-order valence-electron chi connectivity index (χ0n) is 28.7. The third-order valence-corrected chi connectivity index (χ3v) is 9.69. The van der Waals surface area contributed by atoms with Crippen LogP contribution in [0.4, 0.5) is 11.6 Å². The summed E-state index contributed by atoms with van der Waals surface area (Å²) >= 11 is 14.3. The van der Waals surface area contributed by atoms with Gasteiger partial charge in [0.25, 0.3) is 0 Å². The molecular weight excluding hydrogens is 675 g/mol. The lowest BCUT2D eigenvalue weighted by Gasteiger charge is -2.19. The minimum absolute atomic E-state index is 0.0980. The average molecular weight is 718 g/mol. The van der Waals surface area contributed by atoms with Crippen molar-refractivity contribution in [3.05, 3.63) is 70.2 Å². The van der Waals surface area contributed by atoms with E-state index in [1.54, 1.807) is 12.4 Å². The molecule has 262 valence electrons. The lowest BCUT2D eigenvalue weighted by Crippen LogP contribution is -2.35. The van der Waals surface area contributed by atoms with E-state index in [9.17, 15) is 9.59 Å². The lowest BCUT2D eigenvalue weighted by molar-refractivity contribution is -0.120. The number of amides is 2. The highest BCUT2D eigenvalue weighted by atomic mass is 35.5. The van der Waals surface area contributed by atoms with Gasteiger partial charge in [-0.05, 0) is 12.8 Å². The van der Waals surface area contributed by atoms with Gasteiger partial charge in [-0.15, -0.1) is 0 Å². The normalized spacial score (nSPS) is 17.2. The molecule has 2 atom stereocenters. The van der Waals surface area contributed by atoms with E-state index in [-0.39, 0.29) is 23.9 Å². The van der Waals surface area contributed by atoms with Crippen LogP contribution in [0.2, 0.25) is 10.0 Å². The second kappa shape index (κ2) is 15.7. The zero-order valence-corrected chi connectivity index (χ0v) is 30.2. The molecule has 0 bridgehead atoms. The summed E-state index contributed by atoms with van der Waals surface area (Å²) in [5, 5.41) is 13.8. The fraction of sp³-hybridized carbons (Fsp3) is 0.389. The van der Waals surface area contributed by atoms with Crippen LogP contribution in [-0.2, 0) is 22.7 Å². The van der Waals surface area contributed by atoms with E-state index in [1.807, 2.05) is 74.4 Å². The molecule has 2 aromatic heterocycles. The van der Waals surface area contributed by atoms with Crippen molar-refractivity contribution in [3.8, 4) is 33.6 Å². The molecule has 4 aromatic rings. The van der Waals surface area contributed by atoms with Crippen molar-refractivity contribution in [2.24, 2.45) is 0 Å². The van der Waals surface area contributed by atoms with Gasteiger partial charge in [-0.25, -0.2) is 9.97 Å². The maximum Gasteiger partial charge on any atom is 0.220 e. The molecule has 0 aliphatic carbocycles. The number of nitrogens with one attached hydrogen (secondary N) is 4. The number of halogens is 2. The molecule has 50 heavy (non-hydrogen) atoms. The van der Waals surface area contributed by atoms with Gasteiger partial charge < -0.3 is 31.1 Å². The number of hydrogen-bond donors (Lipinski definition) is 4. The summed E-state index contributed by atoms with van der Waals surface area (Å²) < 4.78 is 0. The maximum absolute atomic E-state index is 11.6. The Kier molecular flexibility index (Phi) is 11.1. The highest BCUT2D eigenvalue weighted by Gasteiger charge is 2.23. The van der Waals surface area contributed by atoms with Crippen LogP contribution in [0.1, 0.15) is 37.1 Å². The molecule has 0 radical (unpaired) electrons. The van der Waals surface area contributed by atoms with Gasteiger partial charge in [-0.2, -0.15) is 0 Å². The molecule has 2 fully saturated rings. The van der Waals surface area contributed by atoms with Crippen molar-refractivity contribution in [1.82, 2.24) is 41.2 Å². The van der Waals surface area contributed by atoms with Gasteiger partial charge in [0.05, 0.1) is 45.2 Å². The van der Waals surface area contributed by atoms with Crippen molar-refractivity contribution in [1.29, 1.82) is 0 Å². The molecule has 6 rings (SSSR count). The molecular formula is C36H42Cl2N10O2. The minimum Gasteiger partial charge on any atom is -0.361 e. The van der Waals surface area contributed by atoms with E-state index in [0.29, 0.717) is 60.5 Å². The van der Waals surface area contributed by atoms with Gasteiger partial charge in [0.15, 0.2) is 11.6 Å². The molecule has 14 heteroatoms. The average Bonchev–Trinajstić information content (AvgIpc) is 3.72. The van der Waals surface area contributed by atoms with E-state index in [1.165, 1.54) is 0 Å². The van der Waals surface area contributed by atoms with Crippen molar-refractivity contribution < 1.29 is 9.59 Å². The van der Waals surface area contributed by atoms with E-state index in [4.69, 9.17) is 43.1 Å². The van der Waals surface area contributed by atoms with E-state index < -0.39 is 0 Å². The number of carbonyl (C=O) groups excluding carboxylic acids is 2. The first-order valence-corrected chi connectivity index (χ1v) is 17.5. The first-order chi connectivity index (χ1) is 24.1. The number of carbonyl (C=O) groups is 2. The highest BCUT2D eigenvalue weighted by molar-refractivity contribution is 6.39. The fourth-order valence-corrected chi connectivity index (χ4v) is 6.95. The Hall–Kier alpha value is -4.36. The molecule has 2 amide bonds. The Morgan fingerprint density at radius 3 is 1.44 bits per heavy atom. The molecule has 4 N–H and O–H groups in total. The molecule has 0 unspecified atom stereocenters. The van der Waals surface area contributed by atoms with Crippen LogP contribution < -0.4 is 31.1 Å². The minimum atomic E-state index is 0.0980. The molecule has 2 saturated heterocycles. The van der Waals surface area contributed by atoms with Gasteiger partial charge in [-0.1, -0.05) is 59.6 Å². The van der Waals surface area contributed by atoms with Gasteiger partial charge in [0, 0.05) is 102 Å². The monoisotopic (exact) mass is 716 g/mol. The summed E-state index contributed by atoms with van der Waals surface area (Å²) in [6.45, 7) is 2.36. The summed E-state index contributed by atoms with van der Waals surface area (Å²) in [7, 11) is 7.73. The van der Waals surface area contributed by atoms with E-state index in [2.05, 4.69) is 21.3 Å². The number of anilines is 2. The van der Waals surface area contributed by atoms with Gasteiger partial charge in [0.2, 0.25) is 11.8 Å². The Morgan fingerprint density at radius 2 is 1.08 bits per heavy atom. The van der Waals surface area contributed by atoms with Crippen LogP contribution in [0.25, 0.3) is 33.6 Å². The second-order valence-corrected chi connectivity index (χ2v) is 13.8. The molecule has 2 aliphatic rings. The standard InChI is InChI=1S/C36H42Cl2N10O2/c1-47(2)35-29(17-39-15-21-11-13-31(49)43-21)41-19-27(45-35)25-9-5-7-23(33(25)37)24-8-6-10-26(34(24)38)28-20-42-30(36(46-28)48(3)4)18-40-16-22-12-14-32(50)44-22/h5-10,19-22,39-40H,11-18H2,1-4H3,(H,43,49)(H,44,50)/t21-,22-/m0/s1. The number of rotatable bonds is 13. The van der Waals surface area contributed by atoms with Crippen molar-refractivity contribution >= 4 is 46.7 Å². The molecule has 0 saturated carbocycles. The summed E-state index contributed by atoms with van der Waals surface area (Å²) in [5.74, 6) is 1.65. The zero-order chi connectivity index (χ0) is 35.4. The first kappa shape index (κ1) is 35.5. The van der Waals surface area contributed by atoms with Crippen LogP contribution in [0, 0.1) is 0 Å². The summed E-state index contributed by atoms with van der Waals surface area (Å²) in [6, 6.07) is 11.9. The highest BCUT2D eigenvalue weighted by Crippen LogP contribution is 2.42. The maximum atomic E-state index is 11.6. The number of hydrogen-bond acceptors (Lipinski definition) is 10. The first-order valence-electron chi connectivity index (χ1n) is 16.7. The van der Waals surface area contributed by atoms with Crippen molar-refractivity contribution in [3.63, 3.8) is 0 Å². The van der Waals surface area contributed by atoms with E-state index >= 15 is 0 Å². The predicted octanol–water partition coefficient (Wildman–Crippen LogP) is 4.44. The van der Waals surface area contributed by atoms with E-state index in [0.717, 1.165) is 58.1 Å². The molecule has 0 spiro atoms. The summed E-state index contributed by atoms with van der Waals surface area (Å²) in [4.78, 5) is 46.4. The van der Waals surface area contributed by atoms with Crippen LogP contribution >= 0.6 is 23.2 Å². The predicted molar refractivity (Wildman–Crippen MR) is 198 cm³/mol. The smallest absolute Gasteiger partial charge is 0.220 e. The van der Waals surface area contributed by atoms with Crippen molar-refractivity contribution in [2.75, 3.05) is 51.1 Å². The van der Waals surface area contributed by atoms with Gasteiger partial charge in [0.1, 0.15) is 0 Å². The third kappa shape index (κ3) is 7.99. The van der Waals surface area contributed by atoms with Crippen molar-refractivity contribution in [2.45, 2.75) is 50.9 Å². The fourth-order valence-electron chi connectivity index (χ4n) is 6.30. The molecule has 2 aromatic carbocycles. The summed E-state index contributed by atoms with van der Waals surface area (Å²) in [5.41, 5.74) is 5.86.